The van der Waals surface area contributed by atoms with Gasteiger partial charge in [-0.1, -0.05) is 6.92 Å². The quantitative estimate of drug-likeness (QED) is 0.606. The van der Waals surface area contributed by atoms with Crippen LogP contribution in [0, 0.1) is 5.41 Å². The van der Waals surface area contributed by atoms with Gasteiger partial charge in [0.2, 0.25) is 5.91 Å². The van der Waals surface area contributed by atoms with Crippen molar-refractivity contribution < 1.29 is 4.79 Å². The second-order valence-corrected chi connectivity index (χ2v) is 4.30. The fourth-order valence-corrected chi connectivity index (χ4v) is 1.44. The Hall–Kier alpha value is -0.610. The normalized spacial score (nSPS) is 14.7. The minimum absolute atomic E-state index is 0.156. The van der Waals surface area contributed by atoms with Gasteiger partial charge in [0.1, 0.15) is 0 Å². The maximum Gasteiger partial charge on any atom is 0.229 e. The van der Waals surface area contributed by atoms with Gasteiger partial charge in [-0.2, -0.15) is 0 Å². The van der Waals surface area contributed by atoms with Gasteiger partial charge >= 0.3 is 0 Å². The van der Waals surface area contributed by atoms with E-state index in [4.69, 9.17) is 5.73 Å². The van der Waals surface area contributed by atoms with E-state index >= 15 is 0 Å². The Morgan fingerprint density at radius 2 is 2.13 bits per heavy atom. The Balaban J connectivity index is 4.17. The first-order chi connectivity index (χ1) is 7.01. The second-order valence-electron chi connectivity index (χ2n) is 4.30. The number of nitrogens with zero attached hydrogens (tertiary/aromatic N) is 1. The average molecular weight is 215 g/mol. The summed E-state index contributed by atoms with van der Waals surface area (Å²) >= 11 is 0. The Bertz CT molecular complexity index is 190. The number of carbonyl (C=O) groups is 1. The topological polar surface area (TPSA) is 58.4 Å². The maximum atomic E-state index is 12.0. The molecule has 0 bridgehead atoms. The summed E-state index contributed by atoms with van der Waals surface area (Å²) in [6.07, 6.45) is 1.77. The van der Waals surface area contributed by atoms with E-state index < -0.39 is 5.41 Å². The molecule has 0 aromatic carbocycles. The van der Waals surface area contributed by atoms with Crippen LogP contribution in [0.1, 0.15) is 26.7 Å². The molecule has 0 aromatic heterocycles. The zero-order valence-corrected chi connectivity index (χ0v) is 10.5. The maximum absolute atomic E-state index is 12.0. The molecule has 0 aliphatic carbocycles. The van der Waals surface area contributed by atoms with Crippen molar-refractivity contribution >= 4 is 5.91 Å². The van der Waals surface area contributed by atoms with E-state index in [9.17, 15) is 4.79 Å². The number of rotatable bonds is 7. The van der Waals surface area contributed by atoms with Crippen LogP contribution in [0.3, 0.4) is 0 Å². The highest BCUT2D eigenvalue weighted by atomic mass is 16.2. The number of hydrogen-bond acceptors (Lipinski definition) is 3. The van der Waals surface area contributed by atoms with Crippen molar-refractivity contribution in [3.8, 4) is 0 Å². The molecule has 0 radical (unpaired) electrons. The zero-order valence-electron chi connectivity index (χ0n) is 10.5. The SMILES string of the molecule is CCC(C)(CN)C(=O)N(C)CCCNC. The highest BCUT2D eigenvalue weighted by molar-refractivity contribution is 5.82. The number of nitrogens with two attached hydrogens (primary N) is 1. The van der Waals surface area contributed by atoms with E-state index in [1.54, 1.807) is 4.90 Å². The molecule has 4 heteroatoms. The summed E-state index contributed by atoms with van der Waals surface area (Å²) in [5, 5.41) is 3.07. The van der Waals surface area contributed by atoms with E-state index in [-0.39, 0.29) is 5.91 Å². The van der Waals surface area contributed by atoms with Gasteiger partial charge < -0.3 is 16.0 Å². The molecule has 0 saturated heterocycles. The summed E-state index contributed by atoms with van der Waals surface area (Å²) in [6, 6.07) is 0. The summed E-state index contributed by atoms with van der Waals surface area (Å²) in [4.78, 5) is 13.8. The first kappa shape index (κ1) is 14.4. The van der Waals surface area contributed by atoms with Crippen molar-refractivity contribution in [1.29, 1.82) is 0 Å². The van der Waals surface area contributed by atoms with Crippen molar-refractivity contribution in [3.63, 3.8) is 0 Å². The van der Waals surface area contributed by atoms with Crippen LogP contribution < -0.4 is 11.1 Å². The lowest BCUT2D eigenvalue weighted by molar-refractivity contribution is -0.139. The Kier molecular flexibility index (Phi) is 6.52. The molecule has 1 amide bonds. The summed E-state index contributed by atoms with van der Waals surface area (Å²) in [7, 11) is 3.76. The van der Waals surface area contributed by atoms with E-state index in [0.29, 0.717) is 6.54 Å². The van der Waals surface area contributed by atoms with Gasteiger partial charge in [0.15, 0.2) is 0 Å². The van der Waals surface area contributed by atoms with Crippen LogP contribution in [-0.4, -0.2) is 44.5 Å². The van der Waals surface area contributed by atoms with Crippen LogP contribution >= 0.6 is 0 Å². The van der Waals surface area contributed by atoms with Gasteiger partial charge in [-0.25, -0.2) is 0 Å². The fourth-order valence-electron chi connectivity index (χ4n) is 1.44. The molecular formula is C11H25N3O. The largest absolute Gasteiger partial charge is 0.345 e. The number of hydrogen-bond donors (Lipinski definition) is 2. The van der Waals surface area contributed by atoms with Crippen LogP contribution in [0.2, 0.25) is 0 Å². The molecule has 15 heavy (non-hydrogen) atoms. The third-order valence-corrected chi connectivity index (χ3v) is 3.01. The van der Waals surface area contributed by atoms with Gasteiger partial charge in [-0.3, -0.25) is 4.79 Å². The molecule has 1 atom stereocenters. The second kappa shape index (κ2) is 6.80. The van der Waals surface area contributed by atoms with Crippen LogP contribution in [0.25, 0.3) is 0 Å². The van der Waals surface area contributed by atoms with Gasteiger partial charge in [-0.05, 0) is 33.4 Å². The van der Waals surface area contributed by atoms with Crippen molar-refractivity contribution in [2.45, 2.75) is 26.7 Å². The first-order valence-corrected chi connectivity index (χ1v) is 5.62. The fraction of sp³-hybridized carbons (Fsp3) is 0.909. The van der Waals surface area contributed by atoms with E-state index in [1.165, 1.54) is 0 Å². The lowest BCUT2D eigenvalue weighted by Gasteiger charge is -2.30. The number of amides is 1. The standard InChI is InChI=1S/C11H25N3O/c1-5-11(2,9-12)10(15)14(4)8-6-7-13-3/h13H,5-9,12H2,1-4H3. The molecule has 0 aliphatic heterocycles. The van der Waals surface area contributed by atoms with Gasteiger partial charge in [-0.15, -0.1) is 0 Å². The predicted molar refractivity (Wildman–Crippen MR) is 63.6 cm³/mol. The van der Waals surface area contributed by atoms with E-state index in [0.717, 1.165) is 25.9 Å². The first-order valence-electron chi connectivity index (χ1n) is 5.62. The summed E-state index contributed by atoms with van der Waals surface area (Å²) in [5.41, 5.74) is 5.26. The minimum atomic E-state index is -0.394. The van der Waals surface area contributed by atoms with Crippen molar-refractivity contribution in [2.75, 3.05) is 33.7 Å². The van der Waals surface area contributed by atoms with E-state index in [1.807, 2.05) is 27.9 Å². The molecular weight excluding hydrogens is 190 g/mol. The van der Waals surface area contributed by atoms with Crippen LogP contribution in [0.5, 0.6) is 0 Å². The molecule has 4 nitrogen and oxygen atoms in total. The highest BCUT2D eigenvalue weighted by Gasteiger charge is 2.31. The molecule has 90 valence electrons. The summed E-state index contributed by atoms with van der Waals surface area (Å²) in [5.74, 6) is 0.156. The molecule has 0 fully saturated rings. The van der Waals surface area contributed by atoms with Gasteiger partial charge in [0.05, 0.1) is 5.41 Å². The Morgan fingerprint density at radius 3 is 2.53 bits per heavy atom. The monoisotopic (exact) mass is 215 g/mol. The van der Waals surface area contributed by atoms with Crippen LogP contribution in [-0.2, 0) is 4.79 Å². The molecule has 0 rings (SSSR count). The van der Waals surface area contributed by atoms with Crippen LogP contribution in [0.4, 0.5) is 0 Å². The molecule has 0 spiro atoms. The molecule has 0 heterocycles. The summed E-state index contributed by atoms with van der Waals surface area (Å²) in [6.45, 7) is 6.08. The minimum Gasteiger partial charge on any atom is -0.345 e. The third-order valence-electron chi connectivity index (χ3n) is 3.01. The average Bonchev–Trinajstić information content (AvgIpc) is 2.27. The Morgan fingerprint density at radius 1 is 1.53 bits per heavy atom. The zero-order chi connectivity index (χ0) is 11.9. The van der Waals surface area contributed by atoms with Gasteiger partial charge in [0.25, 0.3) is 0 Å². The smallest absolute Gasteiger partial charge is 0.229 e. The summed E-state index contributed by atoms with van der Waals surface area (Å²) < 4.78 is 0. The number of nitrogens with one attached hydrogen (secondary N) is 1. The molecule has 1 unspecified atom stereocenters. The van der Waals surface area contributed by atoms with Crippen molar-refractivity contribution in [2.24, 2.45) is 11.1 Å². The predicted octanol–water partition coefficient (Wildman–Crippen LogP) is 0.429. The van der Waals surface area contributed by atoms with Crippen molar-refractivity contribution in [1.82, 2.24) is 10.2 Å². The highest BCUT2D eigenvalue weighted by Crippen LogP contribution is 2.21. The Labute approximate surface area is 93.2 Å². The molecule has 0 aliphatic rings. The molecule has 3 N–H and O–H groups in total. The third kappa shape index (κ3) is 4.18. The van der Waals surface area contributed by atoms with Crippen molar-refractivity contribution in [3.05, 3.63) is 0 Å². The molecule has 0 saturated carbocycles. The lowest BCUT2D eigenvalue weighted by atomic mass is 9.86. The number of carbonyl (C=O) groups excluding carboxylic acids is 1. The van der Waals surface area contributed by atoms with Crippen LogP contribution in [0.15, 0.2) is 0 Å². The van der Waals surface area contributed by atoms with E-state index in [2.05, 4.69) is 5.32 Å². The van der Waals surface area contributed by atoms with Gasteiger partial charge in [0, 0.05) is 20.1 Å². The molecule has 0 aromatic rings. The lowest BCUT2D eigenvalue weighted by Crippen LogP contribution is -2.45.